The van der Waals surface area contributed by atoms with Crippen LogP contribution in [0.1, 0.15) is 16.1 Å². The quantitative estimate of drug-likeness (QED) is 0.504. The normalized spacial score (nSPS) is 10.6. The zero-order chi connectivity index (χ0) is 12.1. The summed E-state index contributed by atoms with van der Waals surface area (Å²) in [5.41, 5.74) is 3.90. The first-order chi connectivity index (χ1) is 8.25. The monoisotopic (exact) mass is 339 g/mol. The molecule has 2 N–H and O–H groups in total. The average Bonchev–Trinajstić information content (AvgIpc) is 2.83. The Balaban J connectivity index is 1.96. The van der Waals surface area contributed by atoms with E-state index in [0.717, 1.165) is 9.26 Å². The lowest BCUT2D eigenvalue weighted by atomic mass is 10.2. The summed E-state index contributed by atoms with van der Waals surface area (Å²) in [6.45, 7) is 0. The van der Waals surface area contributed by atoms with Crippen LogP contribution >= 0.6 is 22.6 Å². The van der Waals surface area contributed by atoms with Crippen LogP contribution in [0.15, 0.2) is 47.7 Å². The molecule has 4 nitrogen and oxygen atoms in total. The van der Waals surface area contributed by atoms with Gasteiger partial charge in [-0.2, -0.15) is 5.10 Å². The van der Waals surface area contributed by atoms with Crippen molar-refractivity contribution in [1.29, 1.82) is 0 Å². The molecule has 0 fully saturated rings. The second kappa shape index (κ2) is 5.62. The molecule has 1 amide bonds. The molecule has 0 saturated carbocycles. The summed E-state index contributed by atoms with van der Waals surface area (Å²) in [6, 6.07) is 11.0. The van der Waals surface area contributed by atoms with Gasteiger partial charge in [0.1, 0.15) is 0 Å². The zero-order valence-corrected chi connectivity index (χ0v) is 11.0. The van der Waals surface area contributed by atoms with Crippen LogP contribution in [0.25, 0.3) is 0 Å². The molecule has 0 atom stereocenters. The van der Waals surface area contributed by atoms with Gasteiger partial charge in [0, 0.05) is 15.3 Å². The number of nitrogens with zero attached hydrogens (tertiary/aromatic N) is 1. The largest absolute Gasteiger partial charge is 0.360 e. The Bertz CT molecular complexity index is 517. The van der Waals surface area contributed by atoms with Crippen LogP contribution in [-0.2, 0) is 0 Å². The standard InChI is InChI=1S/C12H10IN3O/c13-10-5-3-9(4-6-10)12(17)16-15-8-11-2-1-7-14-11/h1-8,14H,(H,16,17)/b15-8-. The third kappa shape index (κ3) is 3.42. The highest BCUT2D eigenvalue weighted by molar-refractivity contribution is 14.1. The molecule has 17 heavy (non-hydrogen) atoms. The molecule has 0 spiro atoms. The van der Waals surface area contributed by atoms with Crippen molar-refractivity contribution in [1.82, 2.24) is 10.4 Å². The fourth-order valence-electron chi connectivity index (χ4n) is 1.25. The molecule has 0 bridgehead atoms. The number of carbonyl (C=O) groups is 1. The Kier molecular flexibility index (Phi) is 3.92. The number of amides is 1. The lowest BCUT2D eigenvalue weighted by molar-refractivity contribution is 0.0955. The number of hydrogen-bond acceptors (Lipinski definition) is 2. The number of hydrogen-bond donors (Lipinski definition) is 2. The van der Waals surface area contributed by atoms with E-state index in [1.54, 1.807) is 24.5 Å². The van der Waals surface area contributed by atoms with Crippen molar-refractivity contribution >= 4 is 34.7 Å². The molecule has 0 aliphatic rings. The summed E-state index contributed by atoms with van der Waals surface area (Å²) in [5.74, 6) is -0.218. The molecule has 2 rings (SSSR count). The van der Waals surface area contributed by atoms with E-state index in [-0.39, 0.29) is 5.91 Å². The summed E-state index contributed by atoms with van der Waals surface area (Å²) in [5, 5.41) is 3.85. The van der Waals surface area contributed by atoms with E-state index in [0.29, 0.717) is 5.56 Å². The average molecular weight is 339 g/mol. The number of carbonyl (C=O) groups excluding carboxylic acids is 1. The lowest BCUT2D eigenvalue weighted by Crippen LogP contribution is -2.17. The maximum Gasteiger partial charge on any atom is 0.271 e. The summed E-state index contributed by atoms with van der Waals surface area (Å²) in [6.07, 6.45) is 3.35. The summed E-state index contributed by atoms with van der Waals surface area (Å²) < 4.78 is 1.09. The van der Waals surface area contributed by atoms with Gasteiger partial charge in [-0.15, -0.1) is 0 Å². The van der Waals surface area contributed by atoms with Crippen molar-refractivity contribution in [3.05, 3.63) is 57.4 Å². The van der Waals surface area contributed by atoms with Gasteiger partial charge in [0.25, 0.3) is 5.91 Å². The maximum absolute atomic E-state index is 11.6. The molecule has 0 unspecified atom stereocenters. The molecule has 1 aromatic heterocycles. The molecule has 5 heteroatoms. The Labute approximate surface area is 112 Å². The predicted molar refractivity (Wildman–Crippen MR) is 75.0 cm³/mol. The molecular formula is C12H10IN3O. The van der Waals surface area contributed by atoms with Gasteiger partial charge in [0.2, 0.25) is 0 Å². The number of benzene rings is 1. The van der Waals surface area contributed by atoms with Crippen molar-refractivity contribution in [2.45, 2.75) is 0 Å². The molecule has 1 heterocycles. The van der Waals surface area contributed by atoms with E-state index < -0.39 is 0 Å². The van der Waals surface area contributed by atoms with E-state index in [9.17, 15) is 4.79 Å². The van der Waals surface area contributed by atoms with Crippen LogP contribution in [0.2, 0.25) is 0 Å². The smallest absolute Gasteiger partial charge is 0.271 e. The maximum atomic E-state index is 11.6. The Hall–Kier alpha value is -1.63. The van der Waals surface area contributed by atoms with Crippen LogP contribution in [0, 0.1) is 3.57 Å². The van der Waals surface area contributed by atoms with Crippen LogP contribution in [0.5, 0.6) is 0 Å². The number of halogens is 1. The van der Waals surface area contributed by atoms with E-state index >= 15 is 0 Å². The topological polar surface area (TPSA) is 57.2 Å². The SMILES string of the molecule is O=C(N/N=C\c1ccc[nH]1)c1ccc(I)cc1. The van der Waals surface area contributed by atoms with Gasteiger partial charge in [-0.1, -0.05) is 0 Å². The van der Waals surface area contributed by atoms with E-state index in [4.69, 9.17) is 0 Å². The van der Waals surface area contributed by atoms with Crippen molar-refractivity contribution in [2.75, 3.05) is 0 Å². The van der Waals surface area contributed by atoms with Crippen LogP contribution < -0.4 is 5.43 Å². The minimum atomic E-state index is -0.218. The van der Waals surface area contributed by atoms with Crippen molar-refractivity contribution in [3.8, 4) is 0 Å². The van der Waals surface area contributed by atoms with Crippen LogP contribution in [0.3, 0.4) is 0 Å². The van der Waals surface area contributed by atoms with Crippen molar-refractivity contribution in [2.24, 2.45) is 5.10 Å². The molecule has 0 aliphatic heterocycles. The highest BCUT2D eigenvalue weighted by Crippen LogP contribution is 2.06. The fraction of sp³-hybridized carbons (Fsp3) is 0. The third-order valence-electron chi connectivity index (χ3n) is 2.10. The first kappa shape index (κ1) is 11.8. The Morgan fingerprint density at radius 2 is 2.06 bits per heavy atom. The highest BCUT2D eigenvalue weighted by atomic mass is 127. The van der Waals surface area contributed by atoms with E-state index in [2.05, 4.69) is 38.1 Å². The van der Waals surface area contributed by atoms with Gasteiger partial charge < -0.3 is 4.98 Å². The number of aromatic nitrogens is 1. The van der Waals surface area contributed by atoms with Gasteiger partial charge in [0.05, 0.1) is 11.9 Å². The van der Waals surface area contributed by atoms with Crippen LogP contribution in [0.4, 0.5) is 0 Å². The summed E-state index contributed by atoms with van der Waals surface area (Å²) in [7, 11) is 0. The molecule has 1 aromatic carbocycles. The van der Waals surface area contributed by atoms with E-state index in [1.807, 2.05) is 24.3 Å². The highest BCUT2D eigenvalue weighted by Gasteiger charge is 2.02. The number of aromatic amines is 1. The van der Waals surface area contributed by atoms with Gasteiger partial charge in [-0.3, -0.25) is 4.79 Å². The van der Waals surface area contributed by atoms with Gasteiger partial charge in [0.15, 0.2) is 0 Å². The van der Waals surface area contributed by atoms with Gasteiger partial charge >= 0.3 is 0 Å². The van der Waals surface area contributed by atoms with Crippen molar-refractivity contribution < 1.29 is 4.79 Å². The molecule has 0 aliphatic carbocycles. The lowest BCUT2D eigenvalue weighted by Gasteiger charge is -1.99. The summed E-state index contributed by atoms with van der Waals surface area (Å²) >= 11 is 2.19. The number of hydrazone groups is 1. The van der Waals surface area contributed by atoms with Crippen LogP contribution in [-0.4, -0.2) is 17.1 Å². The number of nitrogens with one attached hydrogen (secondary N) is 2. The Morgan fingerprint density at radius 1 is 1.29 bits per heavy atom. The molecule has 0 saturated heterocycles. The molecular weight excluding hydrogens is 329 g/mol. The van der Waals surface area contributed by atoms with Gasteiger partial charge in [-0.05, 0) is 59.0 Å². The minimum Gasteiger partial charge on any atom is -0.360 e. The second-order valence-electron chi connectivity index (χ2n) is 3.33. The van der Waals surface area contributed by atoms with E-state index in [1.165, 1.54) is 0 Å². The Morgan fingerprint density at radius 3 is 2.71 bits per heavy atom. The summed E-state index contributed by atoms with van der Waals surface area (Å²) in [4.78, 5) is 14.6. The molecule has 2 aromatic rings. The molecule has 86 valence electrons. The number of rotatable bonds is 3. The predicted octanol–water partition coefficient (Wildman–Crippen LogP) is 2.38. The third-order valence-corrected chi connectivity index (χ3v) is 2.82. The minimum absolute atomic E-state index is 0.218. The van der Waals surface area contributed by atoms with Crippen molar-refractivity contribution in [3.63, 3.8) is 0 Å². The molecule has 0 radical (unpaired) electrons. The first-order valence-electron chi connectivity index (χ1n) is 4.98. The first-order valence-corrected chi connectivity index (χ1v) is 6.06. The number of H-pyrrole nitrogens is 1. The zero-order valence-electron chi connectivity index (χ0n) is 8.85. The fourth-order valence-corrected chi connectivity index (χ4v) is 1.61. The van der Waals surface area contributed by atoms with Gasteiger partial charge in [-0.25, -0.2) is 5.43 Å². The second-order valence-corrected chi connectivity index (χ2v) is 4.58.